The Morgan fingerprint density at radius 1 is 1.27 bits per heavy atom. The normalized spacial score (nSPS) is 17.5. The molecule has 0 aromatic rings. The number of fused-ring (bicyclic) bond motifs is 3. The Morgan fingerprint density at radius 3 is 2.59 bits per heavy atom. The number of hydrogen-bond acceptors (Lipinski definition) is 4. The Hall–Kier alpha value is -1.85. The van der Waals surface area contributed by atoms with Crippen molar-refractivity contribution in [1.82, 2.24) is 19.1 Å². The van der Waals surface area contributed by atoms with E-state index in [1.165, 1.54) is 0 Å². The first-order chi connectivity index (χ1) is 10.4. The topological polar surface area (TPSA) is 64.7 Å². The Labute approximate surface area is 130 Å². The third-order valence-corrected chi connectivity index (χ3v) is 4.34. The van der Waals surface area contributed by atoms with Gasteiger partial charge in [0.2, 0.25) is 0 Å². The average molecular weight is 303 g/mol. The van der Waals surface area contributed by atoms with Crippen LogP contribution in [0.1, 0.15) is 52.8 Å². The summed E-state index contributed by atoms with van der Waals surface area (Å²) >= 11 is 0. The first kappa shape index (κ1) is 15.1. The summed E-state index contributed by atoms with van der Waals surface area (Å²) in [5.74, 6) is 3.08. The van der Waals surface area contributed by atoms with Crippen LogP contribution in [0.15, 0.2) is 4.79 Å². The zero-order chi connectivity index (χ0) is 16.0. The van der Waals surface area contributed by atoms with Crippen LogP contribution < -0.4 is 11.0 Å². The number of hydrogen-bond donors (Lipinski definition) is 1. The van der Waals surface area contributed by atoms with Gasteiger partial charge in [-0.3, -0.25) is 9.13 Å². The average Bonchev–Trinajstić information content (AvgIpc) is 3.07. The van der Waals surface area contributed by atoms with Gasteiger partial charge in [-0.05, 0) is 12.3 Å². The van der Waals surface area contributed by atoms with E-state index in [9.17, 15) is 4.79 Å². The molecule has 0 aromatic heterocycles. The molecule has 1 atom stereocenters. The monoisotopic (exact) mass is 303 g/mol. The smallest absolute Gasteiger partial charge is 0.331 e. The Bertz CT molecular complexity index is 712. The molecule has 0 bridgehead atoms. The summed E-state index contributed by atoms with van der Waals surface area (Å²) in [6.45, 7) is 11.9. The third kappa shape index (κ3) is 2.21. The zero-order valence-corrected chi connectivity index (χ0v) is 14.1. The van der Waals surface area contributed by atoms with E-state index in [1.807, 2.05) is 4.57 Å². The molecular formula is C16H25N5O. The molecule has 6 heteroatoms. The van der Waals surface area contributed by atoms with Gasteiger partial charge in [0, 0.05) is 25.0 Å². The first-order valence-electron chi connectivity index (χ1n) is 8.21. The fourth-order valence-corrected chi connectivity index (χ4v) is 2.95. The SMILES string of the molecule is CCCn1c2nc(C(C)C)nc-2c2n(c1=O)C[C@H](C(C)C)N2. The number of nitrogens with zero attached hydrogens (tertiary/aromatic N) is 4. The van der Waals surface area contributed by atoms with E-state index in [1.54, 1.807) is 4.57 Å². The van der Waals surface area contributed by atoms with Crippen LogP contribution in [-0.4, -0.2) is 25.1 Å². The van der Waals surface area contributed by atoms with Gasteiger partial charge in [-0.15, -0.1) is 0 Å². The van der Waals surface area contributed by atoms with E-state index < -0.39 is 0 Å². The molecule has 120 valence electrons. The van der Waals surface area contributed by atoms with Gasteiger partial charge in [0.15, 0.2) is 5.82 Å². The lowest BCUT2D eigenvalue weighted by Gasteiger charge is -2.14. The van der Waals surface area contributed by atoms with Gasteiger partial charge < -0.3 is 5.32 Å². The highest BCUT2D eigenvalue weighted by Gasteiger charge is 2.32. The minimum Gasteiger partial charge on any atom is -0.365 e. The van der Waals surface area contributed by atoms with Crippen LogP contribution in [0.5, 0.6) is 0 Å². The molecule has 0 amide bonds. The number of rotatable bonds is 4. The second-order valence-corrected chi connectivity index (χ2v) is 6.80. The molecule has 0 saturated heterocycles. The second-order valence-electron chi connectivity index (χ2n) is 6.80. The van der Waals surface area contributed by atoms with E-state index in [4.69, 9.17) is 4.98 Å². The number of nitrogens with one attached hydrogen (secondary N) is 1. The van der Waals surface area contributed by atoms with Crippen LogP contribution in [0, 0.1) is 5.92 Å². The Morgan fingerprint density at radius 2 is 2.00 bits per heavy atom. The molecule has 1 N–H and O–H groups in total. The molecule has 0 radical (unpaired) electrons. The lowest BCUT2D eigenvalue weighted by atomic mass is 10.1. The first-order valence-corrected chi connectivity index (χ1v) is 8.21. The van der Waals surface area contributed by atoms with Crippen LogP contribution >= 0.6 is 0 Å². The summed E-state index contributed by atoms with van der Waals surface area (Å²) in [6.07, 6.45) is 0.902. The van der Waals surface area contributed by atoms with Gasteiger partial charge >= 0.3 is 5.69 Å². The maximum absolute atomic E-state index is 12.8. The third-order valence-electron chi connectivity index (χ3n) is 4.34. The fraction of sp³-hybridized carbons (Fsp3) is 0.688. The zero-order valence-electron chi connectivity index (χ0n) is 14.1. The van der Waals surface area contributed by atoms with Gasteiger partial charge in [-0.1, -0.05) is 34.6 Å². The number of aromatic nitrogens is 4. The molecule has 3 rings (SSSR count). The van der Waals surface area contributed by atoms with Gasteiger partial charge in [0.25, 0.3) is 0 Å². The largest absolute Gasteiger partial charge is 0.365 e. The maximum Gasteiger partial charge on any atom is 0.331 e. The van der Waals surface area contributed by atoms with Crippen molar-refractivity contribution < 1.29 is 0 Å². The van der Waals surface area contributed by atoms with E-state index in [-0.39, 0.29) is 17.6 Å². The molecule has 6 nitrogen and oxygen atoms in total. The standard InChI is InChI=1S/C16H25N5O/c1-6-7-20-15-12(18-13(19-15)10(4)5)14-17-11(9(2)3)8-21(14)16(20)22/h9-11,17H,6-8H2,1-5H3/t11-/m1/s1. The highest BCUT2D eigenvalue weighted by Crippen LogP contribution is 2.33. The second kappa shape index (κ2) is 5.41. The molecule has 0 fully saturated rings. The molecule has 0 spiro atoms. The summed E-state index contributed by atoms with van der Waals surface area (Å²) in [5, 5.41) is 3.49. The van der Waals surface area contributed by atoms with Crippen molar-refractivity contribution in [1.29, 1.82) is 0 Å². The van der Waals surface area contributed by atoms with E-state index >= 15 is 0 Å². The molecule has 3 aliphatic rings. The van der Waals surface area contributed by atoms with Crippen LogP contribution in [0.3, 0.4) is 0 Å². The summed E-state index contributed by atoms with van der Waals surface area (Å²) in [7, 11) is 0. The molecule has 0 aromatic carbocycles. The lowest BCUT2D eigenvalue weighted by Crippen LogP contribution is -2.32. The Kier molecular flexibility index (Phi) is 3.70. The van der Waals surface area contributed by atoms with E-state index in [0.717, 1.165) is 29.6 Å². The van der Waals surface area contributed by atoms with Gasteiger partial charge in [-0.25, -0.2) is 14.8 Å². The summed E-state index contributed by atoms with van der Waals surface area (Å²) < 4.78 is 3.61. The summed E-state index contributed by atoms with van der Waals surface area (Å²) in [5.41, 5.74) is 0.857. The number of imidazole rings is 1. The minimum absolute atomic E-state index is 0.0233. The van der Waals surface area contributed by atoms with Crippen molar-refractivity contribution in [2.24, 2.45) is 5.92 Å². The van der Waals surface area contributed by atoms with Gasteiger partial charge in [-0.2, -0.15) is 0 Å². The summed E-state index contributed by atoms with van der Waals surface area (Å²) in [6, 6.07) is 0.271. The molecule has 3 heterocycles. The molecular weight excluding hydrogens is 278 g/mol. The quantitative estimate of drug-likeness (QED) is 0.942. The number of anilines is 1. The van der Waals surface area contributed by atoms with E-state index in [0.29, 0.717) is 19.0 Å². The molecule has 0 saturated carbocycles. The fourth-order valence-electron chi connectivity index (χ4n) is 2.95. The van der Waals surface area contributed by atoms with Crippen LogP contribution in [0.2, 0.25) is 0 Å². The molecule has 0 aliphatic carbocycles. The van der Waals surface area contributed by atoms with Crippen molar-refractivity contribution in [3.63, 3.8) is 0 Å². The van der Waals surface area contributed by atoms with Crippen LogP contribution in [-0.2, 0) is 13.1 Å². The van der Waals surface area contributed by atoms with Crippen molar-refractivity contribution >= 4 is 5.82 Å². The highest BCUT2D eigenvalue weighted by molar-refractivity contribution is 5.69. The lowest BCUT2D eigenvalue weighted by molar-refractivity contribution is 0.481. The molecule has 22 heavy (non-hydrogen) atoms. The van der Waals surface area contributed by atoms with Crippen LogP contribution in [0.25, 0.3) is 11.5 Å². The maximum atomic E-state index is 12.8. The molecule has 0 unspecified atom stereocenters. The van der Waals surface area contributed by atoms with Gasteiger partial charge in [0.1, 0.15) is 17.3 Å². The van der Waals surface area contributed by atoms with Crippen molar-refractivity contribution in [2.45, 2.75) is 66.1 Å². The van der Waals surface area contributed by atoms with Gasteiger partial charge in [0.05, 0.1) is 0 Å². The van der Waals surface area contributed by atoms with Crippen molar-refractivity contribution in [2.75, 3.05) is 5.32 Å². The molecule has 3 aliphatic heterocycles. The van der Waals surface area contributed by atoms with Crippen LogP contribution in [0.4, 0.5) is 5.82 Å². The van der Waals surface area contributed by atoms with Crippen molar-refractivity contribution in [3.05, 3.63) is 16.3 Å². The van der Waals surface area contributed by atoms with Crippen molar-refractivity contribution in [3.8, 4) is 11.5 Å². The minimum atomic E-state index is 0.0233. The predicted octanol–water partition coefficient (Wildman–Crippen LogP) is 2.53. The summed E-state index contributed by atoms with van der Waals surface area (Å²) in [4.78, 5) is 22.2. The Balaban J connectivity index is 2.23. The predicted molar refractivity (Wildman–Crippen MR) is 87.5 cm³/mol. The highest BCUT2D eigenvalue weighted by atomic mass is 16.1. The van der Waals surface area contributed by atoms with E-state index in [2.05, 4.69) is 44.9 Å².